The Balaban J connectivity index is 2.20. The number of halogens is 1. The largest absolute Gasteiger partial charge is 0.456 e. The van der Waals surface area contributed by atoms with Gasteiger partial charge in [-0.25, -0.2) is 0 Å². The van der Waals surface area contributed by atoms with Gasteiger partial charge in [-0.15, -0.1) is 0 Å². The fraction of sp³-hybridized carbons (Fsp3) is 0.211. The van der Waals surface area contributed by atoms with Crippen LogP contribution in [0.25, 0.3) is 22.3 Å². The van der Waals surface area contributed by atoms with Crippen molar-refractivity contribution in [3.05, 3.63) is 65.0 Å². The van der Waals surface area contributed by atoms with Gasteiger partial charge >= 0.3 is 0 Å². The molecule has 3 rings (SSSR count). The summed E-state index contributed by atoms with van der Waals surface area (Å²) >= 11 is 5.96. The number of para-hydroxylation sites is 1. The quantitative estimate of drug-likeness (QED) is 0.643. The smallest absolute Gasteiger partial charge is 0.136 e. The van der Waals surface area contributed by atoms with E-state index in [4.69, 9.17) is 21.0 Å². The molecule has 0 spiro atoms. The first-order valence-electron chi connectivity index (χ1n) is 7.43. The van der Waals surface area contributed by atoms with Crippen LogP contribution in [0.2, 0.25) is 5.02 Å². The molecule has 2 aromatic carbocycles. The van der Waals surface area contributed by atoms with Gasteiger partial charge in [0, 0.05) is 28.6 Å². The molecule has 0 N–H and O–H groups in total. The summed E-state index contributed by atoms with van der Waals surface area (Å²) in [5.41, 5.74) is 1.84. The molecule has 3 aromatic rings. The van der Waals surface area contributed by atoms with Gasteiger partial charge in [0.1, 0.15) is 11.3 Å². The Morgan fingerprint density at radius 2 is 1.77 bits per heavy atom. The monoisotopic (exact) mass is 311 g/mol. The van der Waals surface area contributed by atoms with E-state index in [0.29, 0.717) is 10.9 Å². The minimum absolute atomic E-state index is 0.523. The number of benzene rings is 2. The Hall–Kier alpha value is -2.06. The topological polar surface area (TPSA) is 25.5 Å². The van der Waals surface area contributed by atoms with Crippen molar-refractivity contribution in [1.29, 1.82) is 0 Å². The Kier molecular flexibility index (Phi) is 4.30. The highest BCUT2D eigenvalue weighted by atomic mass is 35.5. The summed E-state index contributed by atoms with van der Waals surface area (Å²) in [7, 11) is 0. The molecule has 0 amide bonds. The van der Waals surface area contributed by atoms with Gasteiger partial charge in [-0.1, -0.05) is 37.6 Å². The van der Waals surface area contributed by atoms with Crippen LogP contribution in [0.3, 0.4) is 0 Å². The molecule has 0 aliphatic rings. The molecule has 1 heterocycles. The first-order valence-corrected chi connectivity index (χ1v) is 7.80. The van der Waals surface area contributed by atoms with E-state index in [1.54, 1.807) is 0 Å². The summed E-state index contributed by atoms with van der Waals surface area (Å²) in [6.45, 7) is 5.13. The second-order valence-electron chi connectivity index (χ2n) is 5.73. The molecule has 0 fully saturated rings. The van der Waals surface area contributed by atoms with Crippen LogP contribution in [0.15, 0.2) is 64.0 Å². The summed E-state index contributed by atoms with van der Waals surface area (Å²) in [5.74, 6) is 1.33. The third kappa shape index (κ3) is 3.23. The summed E-state index contributed by atoms with van der Waals surface area (Å²) in [6, 6.07) is 17.7. The lowest BCUT2D eigenvalue weighted by atomic mass is 10.1. The van der Waals surface area contributed by atoms with Crippen molar-refractivity contribution in [2.24, 2.45) is 10.9 Å². The predicted octanol–water partition coefficient (Wildman–Crippen LogP) is 5.31. The Bertz CT molecular complexity index is 847. The lowest BCUT2D eigenvalue weighted by molar-refractivity contribution is 0.615. The Morgan fingerprint density at radius 1 is 1.05 bits per heavy atom. The fourth-order valence-electron chi connectivity index (χ4n) is 2.29. The van der Waals surface area contributed by atoms with Gasteiger partial charge in [0.25, 0.3) is 0 Å². The van der Waals surface area contributed by atoms with Gasteiger partial charge in [-0.05, 0) is 42.3 Å². The lowest BCUT2D eigenvalue weighted by Crippen LogP contribution is -2.07. The minimum Gasteiger partial charge on any atom is -0.456 e. The van der Waals surface area contributed by atoms with E-state index in [9.17, 15) is 0 Å². The van der Waals surface area contributed by atoms with Gasteiger partial charge in [0.15, 0.2) is 0 Å². The third-order valence-electron chi connectivity index (χ3n) is 3.41. The van der Waals surface area contributed by atoms with Crippen molar-refractivity contribution in [1.82, 2.24) is 0 Å². The maximum absolute atomic E-state index is 6.03. The highest BCUT2D eigenvalue weighted by Crippen LogP contribution is 2.23. The van der Waals surface area contributed by atoms with Gasteiger partial charge in [-0.3, -0.25) is 4.99 Å². The number of fused-ring (bicyclic) bond motifs is 1. The first-order chi connectivity index (χ1) is 10.6. The molecule has 2 nitrogen and oxygen atoms in total. The van der Waals surface area contributed by atoms with Crippen molar-refractivity contribution in [2.45, 2.75) is 13.8 Å². The maximum Gasteiger partial charge on any atom is 0.136 e. The molecular formula is C19H18ClNO. The highest BCUT2D eigenvalue weighted by molar-refractivity contribution is 6.30. The van der Waals surface area contributed by atoms with E-state index < -0.39 is 0 Å². The second kappa shape index (κ2) is 6.37. The van der Waals surface area contributed by atoms with E-state index in [2.05, 4.69) is 13.8 Å². The van der Waals surface area contributed by atoms with Gasteiger partial charge in [0.05, 0.1) is 5.36 Å². The summed E-state index contributed by atoms with van der Waals surface area (Å²) < 4.78 is 6.03. The zero-order valence-corrected chi connectivity index (χ0v) is 13.5. The van der Waals surface area contributed by atoms with E-state index in [0.717, 1.165) is 34.2 Å². The molecule has 0 aliphatic carbocycles. The average Bonchev–Trinajstić information content (AvgIpc) is 2.53. The highest BCUT2D eigenvalue weighted by Gasteiger charge is 2.05. The van der Waals surface area contributed by atoms with Crippen LogP contribution in [0, 0.1) is 5.92 Å². The summed E-state index contributed by atoms with van der Waals surface area (Å²) in [4.78, 5) is 4.75. The molecule has 0 unspecified atom stereocenters. The number of hydrogen-bond donors (Lipinski definition) is 0. The van der Waals surface area contributed by atoms with Gasteiger partial charge in [-0.2, -0.15) is 0 Å². The van der Waals surface area contributed by atoms with E-state index in [-0.39, 0.29) is 0 Å². The predicted molar refractivity (Wildman–Crippen MR) is 91.9 cm³/mol. The Labute approximate surface area is 135 Å². The SMILES string of the molecule is CC(C)CN=c1cc(-c2ccc(Cl)cc2)oc2ccccc12. The van der Waals surface area contributed by atoms with Crippen LogP contribution < -0.4 is 5.36 Å². The molecule has 0 atom stereocenters. The Morgan fingerprint density at radius 3 is 2.50 bits per heavy atom. The number of nitrogens with zero attached hydrogens (tertiary/aromatic N) is 1. The summed E-state index contributed by atoms with van der Waals surface area (Å²) in [6.07, 6.45) is 0. The van der Waals surface area contributed by atoms with Crippen LogP contribution in [0.5, 0.6) is 0 Å². The van der Waals surface area contributed by atoms with Crippen molar-refractivity contribution >= 4 is 22.6 Å². The molecule has 112 valence electrons. The number of hydrogen-bond acceptors (Lipinski definition) is 2. The molecule has 22 heavy (non-hydrogen) atoms. The normalized spacial score (nSPS) is 12.3. The standard InChI is InChI=1S/C19H18ClNO/c1-13(2)12-21-17-11-19(14-7-9-15(20)10-8-14)22-18-6-4-3-5-16(17)18/h3-11,13H,12H2,1-2H3. The van der Waals surface area contributed by atoms with Gasteiger partial charge < -0.3 is 4.42 Å². The zero-order valence-electron chi connectivity index (χ0n) is 12.7. The lowest BCUT2D eigenvalue weighted by Gasteiger charge is -2.06. The van der Waals surface area contributed by atoms with E-state index in [1.807, 2.05) is 54.6 Å². The first kappa shape index (κ1) is 14.9. The van der Waals surface area contributed by atoms with Crippen LogP contribution in [0.4, 0.5) is 0 Å². The van der Waals surface area contributed by atoms with Crippen molar-refractivity contribution in [3.8, 4) is 11.3 Å². The molecule has 0 radical (unpaired) electrons. The summed E-state index contributed by atoms with van der Waals surface area (Å²) in [5, 5.41) is 2.73. The molecule has 0 bridgehead atoms. The van der Waals surface area contributed by atoms with Crippen molar-refractivity contribution in [3.63, 3.8) is 0 Å². The van der Waals surface area contributed by atoms with Crippen LogP contribution in [-0.2, 0) is 0 Å². The maximum atomic E-state index is 6.03. The van der Waals surface area contributed by atoms with Crippen molar-refractivity contribution in [2.75, 3.05) is 6.54 Å². The van der Waals surface area contributed by atoms with E-state index >= 15 is 0 Å². The third-order valence-corrected chi connectivity index (χ3v) is 3.66. The minimum atomic E-state index is 0.523. The molecule has 0 aliphatic heterocycles. The van der Waals surface area contributed by atoms with Crippen LogP contribution >= 0.6 is 11.6 Å². The molecule has 1 aromatic heterocycles. The van der Waals surface area contributed by atoms with E-state index in [1.165, 1.54) is 0 Å². The molecular weight excluding hydrogens is 294 g/mol. The van der Waals surface area contributed by atoms with Crippen LogP contribution in [-0.4, -0.2) is 6.54 Å². The van der Waals surface area contributed by atoms with Crippen LogP contribution in [0.1, 0.15) is 13.8 Å². The zero-order chi connectivity index (χ0) is 15.5. The fourth-order valence-corrected chi connectivity index (χ4v) is 2.41. The number of rotatable bonds is 3. The second-order valence-corrected chi connectivity index (χ2v) is 6.17. The average molecular weight is 312 g/mol. The molecule has 3 heteroatoms. The van der Waals surface area contributed by atoms with Gasteiger partial charge in [0.2, 0.25) is 0 Å². The molecule has 0 saturated carbocycles. The molecule has 0 saturated heterocycles. The van der Waals surface area contributed by atoms with Crippen molar-refractivity contribution < 1.29 is 4.42 Å².